The van der Waals surface area contributed by atoms with E-state index in [0.717, 1.165) is 31.6 Å². The number of anilines is 1. The molecule has 1 aromatic heterocycles. The Balaban J connectivity index is 2.05. The molecule has 0 saturated carbocycles. The van der Waals surface area contributed by atoms with Crippen LogP contribution >= 0.6 is 23.2 Å². The molecule has 5 nitrogen and oxygen atoms in total. The van der Waals surface area contributed by atoms with Gasteiger partial charge >= 0.3 is 5.97 Å². The lowest BCUT2D eigenvalue weighted by molar-refractivity contribution is -0.146. The molecule has 1 aliphatic rings. The molecular formula is C11H13Cl2N3O2. The summed E-state index contributed by atoms with van der Waals surface area (Å²) in [6, 6.07) is 1.69. The number of esters is 1. The van der Waals surface area contributed by atoms with E-state index < -0.39 is 0 Å². The molecule has 2 heterocycles. The lowest BCUT2D eigenvalue weighted by Gasteiger charge is -2.32. The molecule has 1 aromatic rings. The highest BCUT2D eigenvalue weighted by atomic mass is 35.5. The summed E-state index contributed by atoms with van der Waals surface area (Å²) in [5, 5.41) is 8.09. The van der Waals surface area contributed by atoms with Crippen LogP contribution in [0.5, 0.6) is 0 Å². The van der Waals surface area contributed by atoms with E-state index in [-0.39, 0.29) is 11.9 Å². The molecule has 98 valence electrons. The standard InChI is InChI=1S/C11H13Cl2N3O2/c1-18-11(17)7-2-4-16(5-3-7)8-6-9(12)14-15-10(8)13/h6-7H,2-5H2,1H3. The van der Waals surface area contributed by atoms with Crippen molar-refractivity contribution < 1.29 is 9.53 Å². The van der Waals surface area contributed by atoms with Crippen molar-refractivity contribution >= 4 is 34.9 Å². The summed E-state index contributed by atoms with van der Waals surface area (Å²) in [5.41, 5.74) is 0.764. The zero-order valence-electron chi connectivity index (χ0n) is 9.90. The van der Waals surface area contributed by atoms with Crippen LogP contribution in [0, 0.1) is 5.92 Å². The summed E-state index contributed by atoms with van der Waals surface area (Å²) >= 11 is 11.8. The van der Waals surface area contributed by atoms with Crippen molar-refractivity contribution in [2.75, 3.05) is 25.1 Å². The Hall–Kier alpha value is -1.07. The van der Waals surface area contributed by atoms with Gasteiger partial charge in [-0.1, -0.05) is 23.2 Å². The Morgan fingerprint density at radius 3 is 2.67 bits per heavy atom. The summed E-state index contributed by atoms with van der Waals surface area (Å²) in [6.45, 7) is 1.45. The van der Waals surface area contributed by atoms with Gasteiger partial charge in [-0.2, -0.15) is 0 Å². The first-order valence-corrected chi connectivity index (χ1v) is 6.39. The Morgan fingerprint density at radius 1 is 1.39 bits per heavy atom. The highest BCUT2D eigenvalue weighted by molar-refractivity contribution is 6.33. The quantitative estimate of drug-likeness (QED) is 0.781. The van der Waals surface area contributed by atoms with Gasteiger partial charge < -0.3 is 9.64 Å². The van der Waals surface area contributed by atoms with Gasteiger partial charge in [-0.25, -0.2) is 0 Å². The molecule has 0 aromatic carbocycles. The summed E-state index contributed by atoms with van der Waals surface area (Å²) < 4.78 is 4.75. The van der Waals surface area contributed by atoms with E-state index in [0.29, 0.717) is 10.3 Å². The lowest BCUT2D eigenvalue weighted by Crippen LogP contribution is -2.37. The molecule has 0 radical (unpaired) electrons. The predicted molar refractivity (Wildman–Crippen MR) is 69.0 cm³/mol. The predicted octanol–water partition coefficient (Wildman–Crippen LogP) is 2.17. The molecule has 0 aliphatic carbocycles. The molecule has 1 saturated heterocycles. The fourth-order valence-corrected chi connectivity index (χ4v) is 2.44. The molecule has 0 unspecified atom stereocenters. The third-order valence-electron chi connectivity index (χ3n) is 3.07. The van der Waals surface area contributed by atoms with E-state index in [1.807, 2.05) is 0 Å². The lowest BCUT2D eigenvalue weighted by atomic mass is 9.97. The van der Waals surface area contributed by atoms with E-state index in [1.54, 1.807) is 6.07 Å². The second kappa shape index (κ2) is 5.71. The van der Waals surface area contributed by atoms with Gasteiger partial charge in [0.05, 0.1) is 18.7 Å². The largest absolute Gasteiger partial charge is 0.469 e. The Bertz CT molecular complexity index is 448. The van der Waals surface area contributed by atoms with E-state index in [4.69, 9.17) is 27.9 Å². The van der Waals surface area contributed by atoms with Crippen LogP contribution in [-0.4, -0.2) is 36.4 Å². The molecule has 0 bridgehead atoms. The third-order valence-corrected chi connectivity index (χ3v) is 3.52. The highest BCUT2D eigenvalue weighted by Gasteiger charge is 2.26. The van der Waals surface area contributed by atoms with Crippen LogP contribution in [0.25, 0.3) is 0 Å². The number of nitrogens with zero attached hydrogens (tertiary/aromatic N) is 3. The topological polar surface area (TPSA) is 55.3 Å². The van der Waals surface area contributed by atoms with Crippen LogP contribution in [0.15, 0.2) is 6.07 Å². The van der Waals surface area contributed by atoms with Crippen LogP contribution < -0.4 is 4.90 Å². The minimum absolute atomic E-state index is 0.0321. The zero-order chi connectivity index (χ0) is 13.1. The van der Waals surface area contributed by atoms with Crippen LogP contribution in [0.4, 0.5) is 5.69 Å². The number of hydrogen-bond donors (Lipinski definition) is 0. The van der Waals surface area contributed by atoms with E-state index in [9.17, 15) is 4.79 Å². The van der Waals surface area contributed by atoms with Gasteiger partial charge in [-0.3, -0.25) is 4.79 Å². The molecule has 0 spiro atoms. The first kappa shape index (κ1) is 13.4. The molecule has 0 amide bonds. The van der Waals surface area contributed by atoms with Crippen molar-refractivity contribution in [2.45, 2.75) is 12.8 Å². The maximum atomic E-state index is 11.4. The minimum atomic E-state index is -0.147. The Kier molecular flexibility index (Phi) is 4.24. The van der Waals surface area contributed by atoms with Crippen molar-refractivity contribution in [2.24, 2.45) is 5.92 Å². The maximum Gasteiger partial charge on any atom is 0.308 e. The molecule has 7 heteroatoms. The zero-order valence-corrected chi connectivity index (χ0v) is 11.4. The number of hydrogen-bond acceptors (Lipinski definition) is 5. The average Bonchev–Trinajstić information content (AvgIpc) is 2.41. The van der Waals surface area contributed by atoms with Crippen LogP contribution in [-0.2, 0) is 9.53 Å². The van der Waals surface area contributed by atoms with Gasteiger partial charge in [0.1, 0.15) is 0 Å². The van der Waals surface area contributed by atoms with Crippen LogP contribution in [0.1, 0.15) is 12.8 Å². The Morgan fingerprint density at radius 2 is 2.06 bits per heavy atom. The molecule has 1 aliphatic heterocycles. The summed E-state index contributed by atoms with van der Waals surface area (Å²) in [4.78, 5) is 13.5. The van der Waals surface area contributed by atoms with Crippen molar-refractivity contribution in [1.29, 1.82) is 0 Å². The van der Waals surface area contributed by atoms with Crippen LogP contribution in [0.3, 0.4) is 0 Å². The van der Waals surface area contributed by atoms with Gasteiger partial charge in [-0.05, 0) is 12.8 Å². The van der Waals surface area contributed by atoms with E-state index >= 15 is 0 Å². The van der Waals surface area contributed by atoms with Crippen LogP contribution in [0.2, 0.25) is 10.3 Å². The first-order valence-electron chi connectivity index (χ1n) is 5.63. The van der Waals surface area contributed by atoms with E-state index in [1.165, 1.54) is 7.11 Å². The smallest absolute Gasteiger partial charge is 0.308 e. The number of ether oxygens (including phenoxy) is 1. The van der Waals surface area contributed by atoms with Crippen molar-refractivity contribution in [3.63, 3.8) is 0 Å². The van der Waals surface area contributed by atoms with E-state index in [2.05, 4.69) is 15.1 Å². The number of aromatic nitrogens is 2. The number of piperidine rings is 1. The fraction of sp³-hybridized carbons (Fsp3) is 0.545. The summed E-state index contributed by atoms with van der Waals surface area (Å²) in [5.74, 6) is -0.179. The highest BCUT2D eigenvalue weighted by Crippen LogP contribution is 2.29. The van der Waals surface area contributed by atoms with Gasteiger partial charge in [0.15, 0.2) is 10.3 Å². The summed E-state index contributed by atoms with van der Waals surface area (Å²) in [7, 11) is 1.41. The van der Waals surface area contributed by atoms with Crippen molar-refractivity contribution in [3.8, 4) is 0 Å². The molecule has 2 rings (SSSR count). The molecule has 0 N–H and O–H groups in total. The molecule has 0 atom stereocenters. The number of rotatable bonds is 2. The fourth-order valence-electron chi connectivity index (χ4n) is 2.09. The SMILES string of the molecule is COC(=O)C1CCN(c2cc(Cl)nnc2Cl)CC1. The second-order valence-electron chi connectivity index (χ2n) is 4.13. The summed E-state index contributed by atoms with van der Waals surface area (Å²) in [6.07, 6.45) is 1.48. The molecular weight excluding hydrogens is 277 g/mol. The third kappa shape index (κ3) is 2.84. The normalized spacial score (nSPS) is 16.7. The minimum Gasteiger partial charge on any atom is -0.469 e. The second-order valence-corrected chi connectivity index (χ2v) is 4.87. The monoisotopic (exact) mass is 289 g/mol. The number of carbonyl (C=O) groups excluding carboxylic acids is 1. The number of carbonyl (C=O) groups is 1. The Labute approximate surface area is 115 Å². The molecule has 1 fully saturated rings. The average molecular weight is 290 g/mol. The van der Waals surface area contributed by atoms with Gasteiger partial charge in [-0.15, -0.1) is 10.2 Å². The van der Waals surface area contributed by atoms with Crippen molar-refractivity contribution in [3.05, 3.63) is 16.4 Å². The van der Waals surface area contributed by atoms with Crippen molar-refractivity contribution in [1.82, 2.24) is 10.2 Å². The maximum absolute atomic E-state index is 11.4. The first-order chi connectivity index (χ1) is 8.61. The molecule has 18 heavy (non-hydrogen) atoms. The number of halogens is 2. The van der Waals surface area contributed by atoms with Gasteiger partial charge in [0.25, 0.3) is 0 Å². The van der Waals surface area contributed by atoms with Gasteiger partial charge in [0.2, 0.25) is 0 Å². The number of methoxy groups -OCH3 is 1. The van der Waals surface area contributed by atoms with Gasteiger partial charge in [0, 0.05) is 19.2 Å².